The number of methoxy groups -OCH3 is 1. The standard InChI is InChI=1S/C19H17BrN2O4S/c1-11(12-3-4-14-8-15(25-2)6-5-13(14)7-12)18(24)26-10-17(23)22-19-21-9-16(20)27-19/h3-9,11H,10H2,1-2H3,(H,21,22,23)/t11-/m0/s1. The summed E-state index contributed by atoms with van der Waals surface area (Å²) >= 11 is 4.55. The van der Waals surface area contributed by atoms with Gasteiger partial charge < -0.3 is 9.47 Å². The number of esters is 1. The molecule has 6 nitrogen and oxygen atoms in total. The number of fused-ring (bicyclic) bond motifs is 1. The zero-order chi connectivity index (χ0) is 19.4. The van der Waals surface area contributed by atoms with E-state index in [9.17, 15) is 9.59 Å². The van der Waals surface area contributed by atoms with Crippen LogP contribution in [0.15, 0.2) is 46.4 Å². The highest BCUT2D eigenvalue weighted by Gasteiger charge is 2.19. The van der Waals surface area contributed by atoms with E-state index in [4.69, 9.17) is 9.47 Å². The van der Waals surface area contributed by atoms with Gasteiger partial charge in [0, 0.05) is 0 Å². The molecule has 1 aromatic heterocycles. The molecular weight excluding hydrogens is 432 g/mol. The molecule has 0 spiro atoms. The molecule has 1 amide bonds. The van der Waals surface area contributed by atoms with Gasteiger partial charge in [0.1, 0.15) is 5.75 Å². The third kappa shape index (κ3) is 4.84. The van der Waals surface area contributed by atoms with E-state index in [0.717, 1.165) is 25.9 Å². The maximum atomic E-state index is 12.3. The Labute approximate surface area is 168 Å². The Morgan fingerprint density at radius 1 is 1.22 bits per heavy atom. The van der Waals surface area contributed by atoms with Crippen LogP contribution >= 0.6 is 27.3 Å². The molecule has 0 bridgehead atoms. The van der Waals surface area contributed by atoms with E-state index in [-0.39, 0.29) is 6.61 Å². The van der Waals surface area contributed by atoms with Gasteiger partial charge in [-0.1, -0.05) is 35.6 Å². The summed E-state index contributed by atoms with van der Waals surface area (Å²) in [6, 6.07) is 11.5. The minimum absolute atomic E-state index is 0.356. The molecule has 1 heterocycles. The van der Waals surface area contributed by atoms with Crippen molar-refractivity contribution in [3.8, 4) is 5.75 Å². The van der Waals surface area contributed by atoms with E-state index < -0.39 is 17.8 Å². The van der Waals surface area contributed by atoms with Crippen LogP contribution in [0.4, 0.5) is 5.13 Å². The smallest absolute Gasteiger partial charge is 0.313 e. The molecule has 0 saturated heterocycles. The Kier molecular flexibility index (Phi) is 6.08. The minimum atomic E-state index is -0.488. The fourth-order valence-corrected chi connectivity index (χ4v) is 3.63. The van der Waals surface area contributed by atoms with Gasteiger partial charge in [-0.05, 0) is 51.3 Å². The van der Waals surface area contributed by atoms with Crippen LogP contribution in [-0.2, 0) is 14.3 Å². The van der Waals surface area contributed by atoms with E-state index >= 15 is 0 Å². The largest absolute Gasteiger partial charge is 0.497 e. The third-order valence-corrected chi connectivity index (χ3v) is 5.39. The fourth-order valence-electron chi connectivity index (χ4n) is 2.50. The summed E-state index contributed by atoms with van der Waals surface area (Å²) in [4.78, 5) is 28.2. The average molecular weight is 449 g/mol. The number of carbonyl (C=O) groups excluding carboxylic acids is 2. The van der Waals surface area contributed by atoms with Crippen LogP contribution in [0.5, 0.6) is 5.75 Å². The molecule has 27 heavy (non-hydrogen) atoms. The van der Waals surface area contributed by atoms with Crippen molar-refractivity contribution in [2.24, 2.45) is 0 Å². The van der Waals surface area contributed by atoms with Gasteiger partial charge in [-0.2, -0.15) is 0 Å². The van der Waals surface area contributed by atoms with Crippen LogP contribution in [0.2, 0.25) is 0 Å². The summed E-state index contributed by atoms with van der Waals surface area (Å²) in [6.45, 7) is 1.40. The lowest BCUT2D eigenvalue weighted by Crippen LogP contribution is -2.23. The van der Waals surface area contributed by atoms with E-state index in [1.54, 1.807) is 20.2 Å². The zero-order valence-electron chi connectivity index (χ0n) is 14.7. The number of aromatic nitrogens is 1. The quantitative estimate of drug-likeness (QED) is 0.567. The van der Waals surface area contributed by atoms with Gasteiger partial charge >= 0.3 is 5.97 Å². The zero-order valence-corrected chi connectivity index (χ0v) is 17.1. The first-order chi connectivity index (χ1) is 13.0. The number of thiazole rings is 1. The van der Waals surface area contributed by atoms with Crippen molar-refractivity contribution in [2.45, 2.75) is 12.8 Å². The van der Waals surface area contributed by atoms with Gasteiger partial charge in [-0.25, -0.2) is 4.98 Å². The van der Waals surface area contributed by atoms with E-state index in [1.807, 2.05) is 36.4 Å². The first kappa shape index (κ1) is 19.3. The predicted molar refractivity (Wildman–Crippen MR) is 108 cm³/mol. The number of amides is 1. The van der Waals surface area contributed by atoms with Crippen LogP contribution in [-0.4, -0.2) is 30.6 Å². The fraction of sp³-hybridized carbons (Fsp3) is 0.211. The van der Waals surface area contributed by atoms with Crippen LogP contribution in [0.25, 0.3) is 10.8 Å². The average Bonchev–Trinajstić information content (AvgIpc) is 3.09. The SMILES string of the molecule is COc1ccc2cc([C@H](C)C(=O)OCC(=O)Nc3ncc(Br)s3)ccc2c1. The number of hydrogen-bond donors (Lipinski definition) is 1. The highest BCUT2D eigenvalue weighted by atomic mass is 79.9. The molecule has 0 aliphatic rings. The lowest BCUT2D eigenvalue weighted by molar-refractivity contribution is -0.148. The van der Waals surface area contributed by atoms with Crippen molar-refractivity contribution in [3.63, 3.8) is 0 Å². The molecule has 1 atom stereocenters. The molecule has 3 rings (SSSR count). The third-order valence-electron chi connectivity index (χ3n) is 3.99. The number of ether oxygens (including phenoxy) is 2. The number of carbonyl (C=O) groups is 2. The first-order valence-electron chi connectivity index (χ1n) is 8.12. The Morgan fingerprint density at radius 2 is 1.96 bits per heavy atom. The maximum absolute atomic E-state index is 12.3. The van der Waals surface area contributed by atoms with Crippen molar-refractivity contribution in [1.82, 2.24) is 4.98 Å². The molecule has 140 valence electrons. The lowest BCUT2D eigenvalue weighted by Gasteiger charge is -2.13. The molecule has 2 aromatic carbocycles. The molecule has 0 aliphatic carbocycles. The normalized spacial score (nSPS) is 11.8. The van der Waals surface area contributed by atoms with Gasteiger partial charge in [-0.15, -0.1) is 0 Å². The number of rotatable bonds is 6. The summed E-state index contributed by atoms with van der Waals surface area (Å²) in [5, 5.41) is 5.05. The van der Waals surface area contributed by atoms with Crippen molar-refractivity contribution >= 4 is 55.0 Å². The summed E-state index contributed by atoms with van der Waals surface area (Å²) < 4.78 is 11.2. The molecule has 1 N–H and O–H groups in total. The minimum Gasteiger partial charge on any atom is -0.497 e. The van der Waals surface area contributed by atoms with E-state index in [0.29, 0.717) is 5.13 Å². The number of halogens is 1. The molecule has 0 radical (unpaired) electrons. The number of nitrogens with zero attached hydrogens (tertiary/aromatic N) is 1. The predicted octanol–water partition coefficient (Wildman–Crippen LogP) is 4.35. The van der Waals surface area contributed by atoms with Crippen molar-refractivity contribution < 1.29 is 19.1 Å². The van der Waals surface area contributed by atoms with E-state index in [2.05, 4.69) is 26.2 Å². The molecular formula is C19H17BrN2O4S. The summed E-state index contributed by atoms with van der Waals surface area (Å²) in [5.74, 6) is -0.597. The van der Waals surface area contributed by atoms with Gasteiger partial charge in [0.05, 0.1) is 23.0 Å². The number of hydrogen-bond acceptors (Lipinski definition) is 6. The highest BCUT2D eigenvalue weighted by molar-refractivity contribution is 9.11. The molecule has 8 heteroatoms. The second-order valence-electron chi connectivity index (χ2n) is 5.82. The van der Waals surface area contributed by atoms with Crippen LogP contribution in [0.3, 0.4) is 0 Å². The van der Waals surface area contributed by atoms with Gasteiger partial charge in [0.2, 0.25) is 0 Å². The van der Waals surface area contributed by atoms with Crippen LogP contribution < -0.4 is 10.1 Å². The highest BCUT2D eigenvalue weighted by Crippen LogP contribution is 2.26. The summed E-state index contributed by atoms with van der Waals surface area (Å²) in [7, 11) is 1.62. The van der Waals surface area contributed by atoms with Crippen molar-refractivity contribution in [1.29, 1.82) is 0 Å². The molecule has 0 aliphatic heterocycles. The van der Waals surface area contributed by atoms with Gasteiger partial charge in [0.25, 0.3) is 5.91 Å². The van der Waals surface area contributed by atoms with Crippen LogP contribution in [0.1, 0.15) is 18.4 Å². The first-order valence-corrected chi connectivity index (χ1v) is 9.72. The van der Waals surface area contributed by atoms with Crippen molar-refractivity contribution in [2.75, 3.05) is 19.0 Å². The molecule has 3 aromatic rings. The molecule has 0 saturated carbocycles. The topological polar surface area (TPSA) is 77.5 Å². The molecule has 0 unspecified atom stereocenters. The lowest BCUT2D eigenvalue weighted by atomic mass is 9.98. The Morgan fingerprint density at radius 3 is 2.67 bits per heavy atom. The number of benzene rings is 2. The maximum Gasteiger partial charge on any atom is 0.313 e. The Hall–Kier alpha value is -2.45. The van der Waals surface area contributed by atoms with Gasteiger partial charge in [-0.3, -0.25) is 14.9 Å². The molecule has 0 fully saturated rings. The number of anilines is 1. The second kappa shape index (κ2) is 8.49. The van der Waals surface area contributed by atoms with Crippen molar-refractivity contribution in [3.05, 3.63) is 51.9 Å². The number of nitrogens with one attached hydrogen (secondary N) is 1. The Balaban J connectivity index is 1.61. The Bertz CT molecular complexity index is 989. The second-order valence-corrected chi connectivity index (χ2v) is 8.23. The summed E-state index contributed by atoms with van der Waals surface area (Å²) in [6.07, 6.45) is 1.59. The van der Waals surface area contributed by atoms with Gasteiger partial charge in [0.15, 0.2) is 11.7 Å². The van der Waals surface area contributed by atoms with Crippen LogP contribution in [0, 0.1) is 0 Å². The monoisotopic (exact) mass is 448 g/mol. The van der Waals surface area contributed by atoms with E-state index in [1.165, 1.54) is 11.3 Å². The summed E-state index contributed by atoms with van der Waals surface area (Å²) in [5.41, 5.74) is 0.821.